The molecule has 152 valence electrons. The van der Waals surface area contributed by atoms with Crippen LogP contribution in [0.3, 0.4) is 0 Å². The third-order valence-electron chi connectivity index (χ3n) is 4.75. The molecule has 0 spiro atoms. The number of rotatable bonds is 8. The lowest BCUT2D eigenvalue weighted by Gasteiger charge is -2.32. The summed E-state index contributed by atoms with van der Waals surface area (Å²) in [6.07, 6.45) is 3.20. The van der Waals surface area contributed by atoms with Gasteiger partial charge in [-0.15, -0.1) is 0 Å². The number of aryl methyl sites for hydroxylation is 2. The number of para-hydroxylation sites is 1. The fourth-order valence-electron chi connectivity index (χ4n) is 3.83. The molecule has 1 amide bonds. The second-order valence-corrected chi connectivity index (χ2v) is 9.71. The van der Waals surface area contributed by atoms with Crippen molar-refractivity contribution in [2.75, 3.05) is 11.9 Å². The second kappa shape index (κ2) is 9.27. The number of benzene rings is 2. The molecular weight excluding hydrogens is 346 g/mol. The van der Waals surface area contributed by atoms with Gasteiger partial charge in [-0.2, -0.15) is 0 Å². The summed E-state index contributed by atoms with van der Waals surface area (Å²) in [7, 11) is 0. The summed E-state index contributed by atoms with van der Waals surface area (Å²) in [5.74, 6) is 0.653. The molecule has 0 radical (unpaired) electrons. The molecule has 0 atom stereocenters. The Morgan fingerprint density at radius 3 is 2.25 bits per heavy atom. The summed E-state index contributed by atoms with van der Waals surface area (Å²) < 4.78 is 5.85. The van der Waals surface area contributed by atoms with Crippen LogP contribution in [0.2, 0.25) is 0 Å². The van der Waals surface area contributed by atoms with Crippen molar-refractivity contribution < 1.29 is 9.53 Å². The van der Waals surface area contributed by atoms with E-state index in [1.807, 2.05) is 49.4 Å². The van der Waals surface area contributed by atoms with Gasteiger partial charge in [-0.05, 0) is 60.8 Å². The van der Waals surface area contributed by atoms with Gasteiger partial charge in [-0.1, -0.05) is 70.5 Å². The zero-order valence-corrected chi connectivity index (χ0v) is 18.3. The zero-order chi connectivity index (χ0) is 20.8. The van der Waals surface area contributed by atoms with Crippen molar-refractivity contribution in [3.63, 3.8) is 0 Å². The molecule has 0 aromatic heterocycles. The molecule has 0 saturated heterocycles. The predicted octanol–water partition coefficient (Wildman–Crippen LogP) is 6.41. The van der Waals surface area contributed by atoms with E-state index in [-0.39, 0.29) is 17.9 Å². The van der Waals surface area contributed by atoms with Gasteiger partial charge in [0.05, 0.1) is 0 Å². The molecule has 0 fully saturated rings. The molecule has 0 bridgehead atoms. The Balaban J connectivity index is 1.92. The number of anilines is 1. The second-order valence-electron chi connectivity index (χ2n) is 9.71. The molecule has 2 aromatic carbocycles. The van der Waals surface area contributed by atoms with E-state index in [9.17, 15) is 4.79 Å². The molecule has 0 unspecified atom stereocenters. The average Bonchev–Trinajstić information content (AvgIpc) is 2.59. The minimum atomic E-state index is -0.147. The average molecular weight is 382 g/mol. The van der Waals surface area contributed by atoms with E-state index < -0.39 is 0 Å². The molecule has 3 nitrogen and oxygen atoms in total. The Morgan fingerprint density at radius 1 is 0.964 bits per heavy atom. The highest BCUT2D eigenvalue weighted by molar-refractivity contribution is 5.91. The van der Waals surface area contributed by atoms with Crippen molar-refractivity contribution in [3.05, 3.63) is 59.7 Å². The first-order valence-electron chi connectivity index (χ1n) is 10.1. The van der Waals surface area contributed by atoms with E-state index >= 15 is 0 Å². The summed E-state index contributed by atoms with van der Waals surface area (Å²) in [6, 6.07) is 15.8. The molecule has 3 heteroatoms. The minimum Gasteiger partial charge on any atom is -0.483 e. The first-order valence-corrected chi connectivity index (χ1v) is 10.1. The van der Waals surface area contributed by atoms with Gasteiger partial charge < -0.3 is 10.1 Å². The Labute approximate surface area is 170 Å². The van der Waals surface area contributed by atoms with Gasteiger partial charge in [0.25, 0.3) is 5.91 Å². The normalized spacial score (nSPS) is 11.9. The molecule has 0 aliphatic carbocycles. The summed E-state index contributed by atoms with van der Waals surface area (Å²) >= 11 is 0. The van der Waals surface area contributed by atoms with E-state index in [1.54, 1.807) is 0 Å². The Bertz CT molecular complexity index is 770. The lowest BCUT2D eigenvalue weighted by atomic mass is 9.73. The summed E-state index contributed by atoms with van der Waals surface area (Å²) in [5.41, 5.74) is 3.68. The quantitative estimate of drug-likeness (QED) is 0.574. The summed E-state index contributed by atoms with van der Waals surface area (Å²) in [5, 5.41) is 2.88. The monoisotopic (exact) mass is 381 g/mol. The lowest BCUT2D eigenvalue weighted by molar-refractivity contribution is -0.118. The number of hydrogen-bond acceptors (Lipinski definition) is 2. The van der Waals surface area contributed by atoms with E-state index in [4.69, 9.17) is 4.74 Å². The molecule has 0 saturated carbocycles. The first-order chi connectivity index (χ1) is 13.0. The van der Waals surface area contributed by atoms with Crippen molar-refractivity contribution in [1.29, 1.82) is 0 Å². The van der Waals surface area contributed by atoms with Crippen molar-refractivity contribution in [3.8, 4) is 5.75 Å². The molecule has 28 heavy (non-hydrogen) atoms. The van der Waals surface area contributed by atoms with Crippen LogP contribution in [-0.4, -0.2) is 12.5 Å². The van der Waals surface area contributed by atoms with Crippen LogP contribution in [0.25, 0.3) is 0 Å². The van der Waals surface area contributed by atoms with Gasteiger partial charge in [0.2, 0.25) is 0 Å². The fraction of sp³-hybridized carbons (Fsp3) is 0.480. The molecule has 0 aliphatic rings. The zero-order valence-electron chi connectivity index (χ0n) is 18.3. The number of nitrogens with one attached hydrogen (secondary N) is 1. The van der Waals surface area contributed by atoms with Gasteiger partial charge in [0, 0.05) is 5.69 Å². The maximum Gasteiger partial charge on any atom is 0.262 e. The van der Waals surface area contributed by atoms with Crippen LogP contribution in [0.15, 0.2) is 48.5 Å². The number of carbonyl (C=O) groups is 1. The van der Waals surface area contributed by atoms with Crippen molar-refractivity contribution in [2.24, 2.45) is 10.8 Å². The van der Waals surface area contributed by atoms with Gasteiger partial charge in [-0.25, -0.2) is 0 Å². The minimum absolute atomic E-state index is 0.0102. The summed E-state index contributed by atoms with van der Waals surface area (Å²) in [6.45, 7) is 13.6. The molecule has 2 rings (SSSR count). The lowest BCUT2D eigenvalue weighted by Crippen LogP contribution is -2.22. The van der Waals surface area contributed by atoms with Crippen molar-refractivity contribution >= 4 is 11.6 Å². The largest absolute Gasteiger partial charge is 0.483 e. The summed E-state index contributed by atoms with van der Waals surface area (Å²) in [4.78, 5) is 12.2. The van der Waals surface area contributed by atoms with E-state index in [2.05, 4.69) is 46.0 Å². The van der Waals surface area contributed by atoms with Crippen LogP contribution in [-0.2, 0) is 11.2 Å². The van der Waals surface area contributed by atoms with Gasteiger partial charge in [0.15, 0.2) is 6.61 Å². The molecular formula is C25H35NO2. The van der Waals surface area contributed by atoms with Crippen LogP contribution in [0.5, 0.6) is 5.75 Å². The van der Waals surface area contributed by atoms with Crippen LogP contribution < -0.4 is 10.1 Å². The third-order valence-corrected chi connectivity index (χ3v) is 4.75. The highest BCUT2D eigenvalue weighted by Crippen LogP contribution is 2.37. The number of carbonyl (C=O) groups excluding carboxylic acids is 1. The van der Waals surface area contributed by atoms with E-state index in [0.29, 0.717) is 5.41 Å². The number of amides is 1. The Kier molecular flexibility index (Phi) is 7.29. The van der Waals surface area contributed by atoms with Gasteiger partial charge in [0.1, 0.15) is 5.75 Å². The highest BCUT2D eigenvalue weighted by atomic mass is 16.5. The van der Waals surface area contributed by atoms with Crippen molar-refractivity contribution in [2.45, 2.75) is 60.8 Å². The van der Waals surface area contributed by atoms with E-state index in [0.717, 1.165) is 35.4 Å². The fourth-order valence-corrected chi connectivity index (χ4v) is 3.83. The molecule has 0 heterocycles. The number of hydrogen-bond donors (Lipinski definition) is 1. The molecule has 1 N–H and O–H groups in total. The standard InChI is InChI=1S/C25H35NO2/c1-19-11-13-21(14-12-19)26-23(27)17-28-22-10-8-7-9-20(22)15-16-25(5,6)18-24(2,3)4/h7-14H,15-18H2,1-6H3,(H,26,27). The van der Waals surface area contributed by atoms with Gasteiger partial charge >= 0.3 is 0 Å². The molecule has 2 aromatic rings. The first kappa shape index (κ1) is 22.0. The predicted molar refractivity (Wildman–Crippen MR) is 118 cm³/mol. The van der Waals surface area contributed by atoms with Gasteiger partial charge in [-0.3, -0.25) is 4.79 Å². The van der Waals surface area contributed by atoms with Crippen LogP contribution >= 0.6 is 0 Å². The maximum atomic E-state index is 12.2. The topological polar surface area (TPSA) is 38.3 Å². The van der Waals surface area contributed by atoms with Crippen LogP contribution in [0.1, 0.15) is 58.6 Å². The van der Waals surface area contributed by atoms with Crippen LogP contribution in [0.4, 0.5) is 5.69 Å². The highest BCUT2D eigenvalue weighted by Gasteiger charge is 2.25. The van der Waals surface area contributed by atoms with E-state index in [1.165, 1.54) is 6.42 Å². The SMILES string of the molecule is Cc1ccc(NC(=O)COc2ccccc2CCC(C)(C)CC(C)(C)C)cc1. The molecule has 0 aliphatic heterocycles. The third kappa shape index (κ3) is 7.75. The Hall–Kier alpha value is -2.29. The maximum absolute atomic E-state index is 12.2. The van der Waals surface area contributed by atoms with Crippen molar-refractivity contribution in [1.82, 2.24) is 0 Å². The Morgan fingerprint density at radius 2 is 1.61 bits per heavy atom. The number of ether oxygens (including phenoxy) is 1. The van der Waals surface area contributed by atoms with Crippen LogP contribution in [0, 0.1) is 17.8 Å². The smallest absolute Gasteiger partial charge is 0.262 e.